The van der Waals surface area contributed by atoms with Crippen molar-refractivity contribution in [1.29, 1.82) is 5.26 Å². The van der Waals surface area contributed by atoms with Crippen molar-refractivity contribution >= 4 is 11.7 Å². The molecule has 166 valence electrons. The van der Waals surface area contributed by atoms with Gasteiger partial charge in [-0.3, -0.25) is 4.79 Å². The van der Waals surface area contributed by atoms with Crippen molar-refractivity contribution in [3.8, 4) is 6.07 Å². The van der Waals surface area contributed by atoms with Crippen LogP contribution in [0, 0.1) is 28.9 Å². The summed E-state index contributed by atoms with van der Waals surface area (Å²) in [6, 6.07) is 9.50. The molecule has 3 atom stereocenters. The van der Waals surface area contributed by atoms with E-state index in [-0.39, 0.29) is 24.6 Å². The van der Waals surface area contributed by atoms with Crippen LogP contribution in [0.4, 0.5) is 14.6 Å². The van der Waals surface area contributed by atoms with Gasteiger partial charge in [-0.25, -0.2) is 13.8 Å². The molecule has 2 unspecified atom stereocenters. The Morgan fingerprint density at radius 2 is 2.09 bits per heavy atom. The molecule has 8 heteroatoms. The topological polar surface area (TPSA) is 69.5 Å². The molecule has 1 aromatic carbocycles. The summed E-state index contributed by atoms with van der Waals surface area (Å²) in [6.45, 7) is 3.20. The lowest BCUT2D eigenvalue weighted by molar-refractivity contribution is -0.140. The van der Waals surface area contributed by atoms with Crippen LogP contribution in [0.2, 0.25) is 0 Å². The van der Waals surface area contributed by atoms with Crippen LogP contribution in [0.5, 0.6) is 0 Å². The van der Waals surface area contributed by atoms with E-state index >= 15 is 0 Å². The molecule has 3 heterocycles. The Balaban J connectivity index is 1.25. The molecule has 1 amide bonds. The Morgan fingerprint density at radius 3 is 2.72 bits per heavy atom. The third-order valence-electron chi connectivity index (χ3n) is 6.98. The third kappa shape index (κ3) is 3.61. The minimum atomic E-state index is -0.825. The zero-order valence-electron chi connectivity index (χ0n) is 17.8. The third-order valence-corrected chi connectivity index (χ3v) is 6.98. The van der Waals surface area contributed by atoms with Crippen molar-refractivity contribution in [1.82, 2.24) is 9.88 Å². The van der Waals surface area contributed by atoms with Crippen LogP contribution in [0.15, 0.2) is 36.5 Å². The fraction of sp³-hybridized carbons (Fsp3) is 0.458. The first kappa shape index (κ1) is 20.8. The number of carbonyl (C=O) groups is 1. The molecule has 5 rings (SSSR count). The molecule has 32 heavy (non-hydrogen) atoms. The minimum absolute atomic E-state index is 0.115. The number of amides is 1. The number of benzene rings is 1. The smallest absolute Gasteiger partial charge is 0.248 e. The van der Waals surface area contributed by atoms with Gasteiger partial charge in [0.05, 0.1) is 17.2 Å². The van der Waals surface area contributed by atoms with Gasteiger partial charge in [0.15, 0.2) is 0 Å². The number of anilines is 1. The Labute approximate surface area is 185 Å². The summed E-state index contributed by atoms with van der Waals surface area (Å²) in [5.41, 5.74) is 0.0114. The molecule has 3 aliphatic rings. The number of hydrogen-bond donors (Lipinski definition) is 0. The van der Waals surface area contributed by atoms with Crippen molar-refractivity contribution in [3.63, 3.8) is 0 Å². The molecule has 3 fully saturated rings. The van der Waals surface area contributed by atoms with E-state index in [4.69, 9.17) is 10.00 Å². The minimum Gasteiger partial charge on any atom is -0.360 e. The second kappa shape index (κ2) is 7.82. The van der Waals surface area contributed by atoms with Crippen LogP contribution in [0.25, 0.3) is 0 Å². The first-order valence-corrected chi connectivity index (χ1v) is 10.9. The SMILES string of the molecule is C[C@H]1CC2CN(C(=O)COC3(c4ccc(F)cc4F)CC3)CC1N2c1ccc(C#N)cn1. The lowest BCUT2D eigenvalue weighted by Gasteiger charge is -2.42. The summed E-state index contributed by atoms with van der Waals surface area (Å²) < 4.78 is 33.4. The molecular formula is C24H24F2N4O2. The van der Waals surface area contributed by atoms with Gasteiger partial charge in [-0.1, -0.05) is 13.0 Å². The maximum absolute atomic E-state index is 14.2. The summed E-state index contributed by atoms with van der Waals surface area (Å²) in [7, 11) is 0. The maximum atomic E-state index is 14.2. The van der Waals surface area contributed by atoms with Gasteiger partial charge in [0.25, 0.3) is 0 Å². The maximum Gasteiger partial charge on any atom is 0.248 e. The number of fused-ring (bicyclic) bond motifs is 2. The molecule has 6 nitrogen and oxygen atoms in total. The average Bonchev–Trinajstić information content (AvgIpc) is 3.54. The highest BCUT2D eigenvalue weighted by atomic mass is 19.1. The predicted octanol–water partition coefficient (Wildman–Crippen LogP) is 3.36. The lowest BCUT2D eigenvalue weighted by Crippen LogP contribution is -2.57. The largest absolute Gasteiger partial charge is 0.360 e. The number of hydrogen-bond acceptors (Lipinski definition) is 5. The van der Waals surface area contributed by atoms with Gasteiger partial charge in [0, 0.05) is 37.0 Å². The summed E-state index contributed by atoms with van der Waals surface area (Å²) in [6.07, 6.45) is 3.77. The highest BCUT2D eigenvalue weighted by Crippen LogP contribution is 2.50. The molecule has 1 saturated carbocycles. The van der Waals surface area contributed by atoms with Crippen molar-refractivity contribution in [2.75, 3.05) is 24.6 Å². The molecule has 2 bridgehead atoms. The van der Waals surface area contributed by atoms with Crippen LogP contribution in [0.3, 0.4) is 0 Å². The summed E-state index contributed by atoms with van der Waals surface area (Å²) >= 11 is 0. The predicted molar refractivity (Wildman–Crippen MR) is 113 cm³/mol. The van der Waals surface area contributed by atoms with Gasteiger partial charge in [-0.05, 0) is 43.4 Å². The van der Waals surface area contributed by atoms with E-state index < -0.39 is 17.2 Å². The van der Waals surface area contributed by atoms with Crippen LogP contribution in [-0.4, -0.2) is 47.6 Å². The standard InChI is InChI=1S/C24H24F2N4O2/c1-15-8-18-12-29(13-21(15)30(18)22-5-2-16(10-27)11-28-22)23(31)14-32-24(6-7-24)19-4-3-17(25)9-20(19)26/h2-5,9,11,15,18,21H,6-8,12-14H2,1H3/t15-,18?,21?/m0/s1. The van der Waals surface area contributed by atoms with Gasteiger partial charge >= 0.3 is 0 Å². The van der Waals surface area contributed by atoms with Gasteiger partial charge in [0.1, 0.15) is 30.1 Å². The molecule has 1 aliphatic carbocycles. The van der Waals surface area contributed by atoms with Crippen molar-refractivity contribution in [2.45, 2.75) is 43.9 Å². The van der Waals surface area contributed by atoms with E-state index in [0.717, 1.165) is 18.3 Å². The van der Waals surface area contributed by atoms with Gasteiger partial charge in [-0.2, -0.15) is 5.26 Å². The monoisotopic (exact) mass is 438 g/mol. The Morgan fingerprint density at radius 1 is 1.28 bits per heavy atom. The van der Waals surface area contributed by atoms with Crippen molar-refractivity contribution in [3.05, 3.63) is 59.3 Å². The molecule has 0 spiro atoms. The van der Waals surface area contributed by atoms with E-state index in [1.807, 2.05) is 11.0 Å². The molecular weight excluding hydrogens is 414 g/mol. The number of carbonyl (C=O) groups excluding carboxylic acids is 1. The van der Waals surface area contributed by atoms with Crippen LogP contribution >= 0.6 is 0 Å². The normalized spacial score (nSPS) is 25.5. The molecule has 0 N–H and O–H groups in total. The van der Waals surface area contributed by atoms with E-state index in [0.29, 0.717) is 43.0 Å². The zero-order valence-corrected chi connectivity index (χ0v) is 17.8. The van der Waals surface area contributed by atoms with Gasteiger partial charge in [-0.15, -0.1) is 0 Å². The van der Waals surface area contributed by atoms with Crippen molar-refractivity contribution in [2.24, 2.45) is 5.92 Å². The molecule has 1 aromatic heterocycles. The quantitative estimate of drug-likeness (QED) is 0.716. The lowest BCUT2D eigenvalue weighted by atomic mass is 10.0. The van der Waals surface area contributed by atoms with E-state index in [1.165, 1.54) is 12.1 Å². The van der Waals surface area contributed by atoms with Gasteiger partial charge in [0.2, 0.25) is 5.91 Å². The average molecular weight is 438 g/mol. The summed E-state index contributed by atoms with van der Waals surface area (Å²) in [5.74, 6) is -0.146. The van der Waals surface area contributed by atoms with E-state index in [9.17, 15) is 13.6 Å². The summed E-state index contributed by atoms with van der Waals surface area (Å²) in [4.78, 5) is 21.5. The summed E-state index contributed by atoms with van der Waals surface area (Å²) in [5, 5.41) is 9.01. The number of pyridine rings is 1. The van der Waals surface area contributed by atoms with E-state index in [1.54, 1.807) is 12.3 Å². The Hall–Kier alpha value is -3.05. The fourth-order valence-electron chi connectivity index (χ4n) is 5.15. The van der Waals surface area contributed by atoms with Crippen molar-refractivity contribution < 1.29 is 18.3 Å². The first-order valence-electron chi connectivity index (χ1n) is 10.9. The number of piperazine rings is 1. The van der Waals surface area contributed by atoms with Crippen LogP contribution in [0.1, 0.15) is 37.3 Å². The highest BCUT2D eigenvalue weighted by Gasteiger charge is 2.49. The number of ether oxygens (including phenoxy) is 1. The Bertz CT molecular complexity index is 1080. The van der Waals surface area contributed by atoms with Gasteiger partial charge < -0.3 is 14.5 Å². The number of nitrogens with zero attached hydrogens (tertiary/aromatic N) is 4. The number of nitriles is 1. The van der Waals surface area contributed by atoms with Crippen LogP contribution in [-0.2, 0) is 15.1 Å². The molecule has 2 saturated heterocycles. The second-order valence-electron chi connectivity index (χ2n) is 9.06. The second-order valence-corrected chi connectivity index (χ2v) is 9.06. The Kier molecular flexibility index (Phi) is 5.09. The zero-order chi connectivity index (χ0) is 22.5. The number of likely N-dealkylation sites (tertiary alicyclic amines) is 1. The fourth-order valence-corrected chi connectivity index (χ4v) is 5.15. The number of halogens is 2. The number of rotatable bonds is 5. The first-order chi connectivity index (χ1) is 15.4. The van der Waals surface area contributed by atoms with E-state index in [2.05, 4.69) is 22.9 Å². The highest BCUT2D eigenvalue weighted by molar-refractivity contribution is 5.78. The number of aromatic nitrogens is 1. The molecule has 2 aromatic rings. The molecule has 0 radical (unpaired) electrons. The van der Waals surface area contributed by atoms with Crippen LogP contribution < -0.4 is 4.90 Å². The molecule has 2 aliphatic heterocycles.